The second-order valence-electron chi connectivity index (χ2n) is 5.60. The lowest BCUT2D eigenvalue weighted by Gasteiger charge is -2.44. The van der Waals surface area contributed by atoms with Gasteiger partial charge in [0.2, 0.25) is 0 Å². The predicted octanol–water partition coefficient (Wildman–Crippen LogP) is -2.69. The molecule has 0 aliphatic carbocycles. The van der Waals surface area contributed by atoms with E-state index in [1.165, 1.54) is 7.11 Å². The highest BCUT2D eigenvalue weighted by atomic mass is 16.7. The van der Waals surface area contributed by atoms with E-state index in [4.69, 9.17) is 24.1 Å². The summed E-state index contributed by atoms with van der Waals surface area (Å²) < 4.78 is 21.5. The summed E-state index contributed by atoms with van der Waals surface area (Å²) in [7, 11) is 1.46. The molecule has 2 heterocycles. The number of rotatable bonds is 4. The van der Waals surface area contributed by atoms with Crippen LogP contribution in [0.3, 0.4) is 0 Å². The van der Waals surface area contributed by atoms with Crippen LogP contribution in [0.5, 0.6) is 0 Å². The fourth-order valence-electron chi connectivity index (χ4n) is 2.78. The second-order valence-corrected chi connectivity index (χ2v) is 5.60. The van der Waals surface area contributed by atoms with E-state index in [-0.39, 0.29) is 6.42 Å². The van der Waals surface area contributed by atoms with Gasteiger partial charge in [-0.05, 0) is 6.92 Å². The maximum Gasteiger partial charge on any atom is 0.187 e. The summed E-state index contributed by atoms with van der Waals surface area (Å²) in [6, 6.07) is 0. The Morgan fingerprint density at radius 3 is 2.32 bits per heavy atom. The molecule has 9 heteroatoms. The van der Waals surface area contributed by atoms with Crippen LogP contribution < -0.4 is 0 Å². The molecule has 1 unspecified atom stereocenters. The van der Waals surface area contributed by atoms with Gasteiger partial charge in [-0.25, -0.2) is 0 Å². The molecule has 0 spiro atoms. The summed E-state index contributed by atoms with van der Waals surface area (Å²) >= 11 is 0. The summed E-state index contributed by atoms with van der Waals surface area (Å²) in [6.07, 6.45) is -9.24. The van der Waals surface area contributed by atoms with Crippen LogP contribution in [0.2, 0.25) is 0 Å². The quantitative estimate of drug-likeness (QED) is 0.374. The first-order valence-corrected chi connectivity index (χ1v) is 7.21. The number of ether oxygens (including phenoxy) is 4. The Balaban J connectivity index is 2.07. The van der Waals surface area contributed by atoms with Crippen molar-refractivity contribution in [2.75, 3.05) is 13.7 Å². The molecule has 2 rings (SSSR count). The van der Waals surface area contributed by atoms with Crippen molar-refractivity contribution in [2.24, 2.45) is 0 Å². The lowest BCUT2D eigenvalue weighted by atomic mass is 9.98. The first-order chi connectivity index (χ1) is 10.4. The number of aliphatic hydroxyl groups is 5. The number of aliphatic hydroxyl groups excluding tert-OH is 5. The second kappa shape index (κ2) is 7.47. The molecular weight excluding hydrogens is 300 g/mol. The minimum atomic E-state index is -1.51. The van der Waals surface area contributed by atoms with Crippen LogP contribution in [0.25, 0.3) is 0 Å². The van der Waals surface area contributed by atoms with Crippen molar-refractivity contribution >= 4 is 0 Å². The Morgan fingerprint density at radius 1 is 1.05 bits per heavy atom. The zero-order valence-corrected chi connectivity index (χ0v) is 12.5. The van der Waals surface area contributed by atoms with E-state index in [2.05, 4.69) is 0 Å². The molecule has 22 heavy (non-hydrogen) atoms. The Bertz CT molecular complexity index is 352. The molecule has 0 aromatic heterocycles. The van der Waals surface area contributed by atoms with Crippen LogP contribution in [0, 0.1) is 0 Å². The summed E-state index contributed by atoms with van der Waals surface area (Å²) in [4.78, 5) is 0. The van der Waals surface area contributed by atoms with E-state index < -0.39 is 61.9 Å². The predicted molar refractivity (Wildman–Crippen MR) is 70.6 cm³/mol. The molecule has 0 amide bonds. The molecule has 0 radical (unpaired) electrons. The fraction of sp³-hybridized carbons (Fsp3) is 1.00. The highest BCUT2D eigenvalue weighted by molar-refractivity contribution is 4.91. The third-order valence-electron chi connectivity index (χ3n) is 4.08. The van der Waals surface area contributed by atoms with Gasteiger partial charge in [0.15, 0.2) is 12.6 Å². The molecule has 0 aromatic rings. The van der Waals surface area contributed by atoms with E-state index >= 15 is 0 Å². The third kappa shape index (κ3) is 3.58. The average Bonchev–Trinajstić information content (AvgIpc) is 2.49. The third-order valence-corrected chi connectivity index (χ3v) is 4.08. The first kappa shape index (κ1) is 18.0. The van der Waals surface area contributed by atoms with Gasteiger partial charge in [0.05, 0.1) is 18.8 Å². The number of hydrogen-bond donors (Lipinski definition) is 5. The van der Waals surface area contributed by atoms with Crippen molar-refractivity contribution in [3.63, 3.8) is 0 Å². The SMILES string of the molecule is CO[C@@H]1CC(O)O[C@H](C)[C@H]1O[C@@H]1O[C@H](CO)[C@@H](O)[C@H](O)[C@H]1O. The Hall–Kier alpha value is -0.360. The minimum Gasteiger partial charge on any atom is -0.394 e. The first-order valence-electron chi connectivity index (χ1n) is 7.21. The van der Waals surface area contributed by atoms with Gasteiger partial charge in [-0.3, -0.25) is 0 Å². The minimum absolute atomic E-state index is 0.183. The lowest BCUT2D eigenvalue weighted by molar-refractivity contribution is -0.340. The average molecular weight is 324 g/mol. The monoisotopic (exact) mass is 324 g/mol. The Labute approximate surface area is 128 Å². The highest BCUT2D eigenvalue weighted by Crippen LogP contribution is 2.29. The fourth-order valence-corrected chi connectivity index (χ4v) is 2.78. The van der Waals surface area contributed by atoms with E-state index in [1.54, 1.807) is 6.92 Å². The maximum absolute atomic E-state index is 9.98. The molecule has 0 saturated carbocycles. The molecule has 2 aliphatic heterocycles. The molecule has 2 fully saturated rings. The molecule has 2 aliphatic rings. The molecule has 9 nitrogen and oxygen atoms in total. The van der Waals surface area contributed by atoms with Gasteiger partial charge in [-0.1, -0.05) is 0 Å². The molecule has 0 bridgehead atoms. The van der Waals surface area contributed by atoms with Crippen LogP contribution >= 0.6 is 0 Å². The van der Waals surface area contributed by atoms with Gasteiger partial charge in [0.25, 0.3) is 0 Å². The zero-order valence-electron chi connectivity index (χ0n) is 12.5. The van der Waals surface area contributed by atoms with Crippen LogP contribution in [-0.4, -0.2) is 94.6 Å². The zero-order chi connectivity index (χ0) is 16.4. The van der Waals surface area contributed by atoms with Gasteiger partial charge in [-0.2, -0.15) is 0 Å². The van der Waals surface area contributed by atoms with Gasteiger partial charge in [0.1, 0.15) is 30.5 Å². The van der Waals surface area contributed by atoms with Gasteiger partial charge in [-0.15, -0.1) is 0 Å². The van der Waals surface area contributed by atoms with Gasteiger partial charge >= 0.3 is 0 Å². The largest absolute Gasteiger partial charge is 0.394 e. The van der Waals surface area contributed by atoms with E-state index in [0.29, 0.717) is 0 Å². The van der Waals surface area contributed by atoms with Crippen LogP contribution in [0.1, 0.15) is 13.3 Å². The summed E-state index contributed by atoms with van der Waals surface area (Å²) in [5.41, 5.74) is 0. The van der Waals surface area contributed by atoms with Crippen molar-refractivity contribution in [3.8, 4) is 0 Å². The molecule has 130 valence electrons. The molecule has 0 aromatic carbocycles. The van der Waals surface area contributed by atoms with Crippen molar-refractivity contribution in [1.29, 1.82) is 0 Å². The standard InChI is InChI=1S/C13H24O9/c1-5-12(6(19-2)3-8(15)20-5)22-13-11(18)10(17)9(16)7(4-14)21-13/h5-18H,3-4H2,1-2H3/t5-,6-,7-,8?,9-,10+,11-,12-,13+/m1/s1. The normalized spacial score (nSPS) is 50.0. The molecule has 2 saturated heterocycles. The van der Waals surface area contributed by atoms with Crippen molar-refractivity contribution in [2.45, 2.75) is 68.7 Å². The summed E-state index contributed by atoms with van der Waals surface area (Å²) in [5, 5.41) is 48.2. The maximum atomic E-state index is 9.98. The number of methoxy groups -OCH3 is 1. The summed E-state index contributed by atoms with van der Waals surface area (Å²) in [6.45, 7) is 1.14. The van der Waals surface area contributed by atoms with Crippen molar-refractivity contribution < 1.29 is 44.5 Å². The lowest BCUT2D eigenvalue weighted by Crippen LogP contribution is -2.61. The Kier molecular flexibility index (Phi) is 6.11. The topological polar surface area (TPSA) is 138 Å². The molecule has 5 N–H and O–H groups in total. The van der Waals surface area contributed by atoms with Crippen LogP contribution in [0.15, 0.2) is 0 Å². The van der Waals surface area contributed by atoms with Gasteiger partial charge < -0.3 is 44.5 Å². The smallest absolute Gasteiger partial charge is 0.187 e. The van der Waals surface area contributed by atoms with Crippen LogP contribution in [-0.2, 0) is 18.9 Å². The number of hydrogen-bond acceptors (Lipinski definition) is 9. The van der Waals surface area contributed by atoms with Crippen molar-refractivity contribution in [3.05, 3.63) is 0 Å². The molecular formula is C13H24O9. The highest BCUT2D eigenvalue weighted by Gasteiger charge is 2.47. The van der Waals surface area contributed by atoms with E-state index in [9.17, 15) is 20.4 Å². The van der Waals surface area contributed by atoms with Crippen LogP contribution in [0.4, 0.5) is 0 Å². The van der Waals surface area contributed by atoms with Gasteiger partial charge in [0, 0.05) is 13.5 Å². The van der Waals surface area contributed by atoms with E-state index in [1.807, 2.05) is 0 Å². The van der Waals surface area contributed by atoms with Crippen molar-refractivity contribution in [1.82, 2.24) is 0 Å². The summed E-state index contributed by atoms with van der Waals surface area (Å²) in [5.74, 6) is 0. The Morgan fingerprint density at radius 2 is 1.73 bits per heavy atom. The van der Waals surface area contributed by atoms with E-state index in [0.717, 1.165) is 0 Å². The molecule has 9 atom stereocenters.